The van der Waals surface area contributed by atoms with Gasteiger partial charge in [-0.15, -0.1) is 0 Å². The first kappa shape index (κ1) is 14.1. The lowest BCUT2D eigenvalue weighted by Crippen LogP contribution is -2.27. The van der Waals surface area contributed by atoms with Gasteiger partial charge in [0.25, 0.3) is 0 Å². The number of hydrogen-bond acceptors (Lipinski definition) is 2. The van der Waals surface area contributed by atoms with Crippen LogP contribution in [0.15, 0.2) is 53.0 Å². The van der Waals surface area contributed by atoms with E-state index in [1.165, 1.54) is 0 Å². The molecule has 1 aliphatic rings. The van der Waals surface area contributed by atoms with E-state index in [0.29, 0.717) is 0 Å². The fraction of sp³-hybridized carbons (Fsp3) is 0.235. The minimum Gasteiger partial charge on any atom is -0.497 e. The molecule has 3 rings (SSSR count). The molecule has 1 amide bonds. The number of ether oxygens (including phenoxy) is 1. The highest BCUT2D eigenvalue weighted by atomic mass is 79.9. The lowest BCUT2D eigenvalue weighted by molar-refractivity contribution is -0.118. The maximum Gasteiger partial charge on any atom is 0.235 e. The zero-order valence-corrected chi connectivity index (χ0v) is 13.3. The molecule has 1 N–H and O–H groups in total. The average molecular weight is 346 g/mol. The zero-order chi connectivity index (χ0) is 14.9. The van der Waals surface area contributed by atoms with Crippen LogP contribution < -0.4 is 10.1 Å². The Morgan fingerprint density at radius 3 is 2.62 bits per heavy atom. The van der Waals surface area contributed by atoms with Gasteiger partial charge in [0.15, 0.2) is 0 Å². The molecule has 1 fully saturated rings. The molecule has 0 spiro atoms. The van der Waals surface area contributed by atoms with Crippen LogP contribution in [0.3, 0.4) is 0 Å². The van der Waals surface area contributed by atoms with Gasteiger partial charge < -0.3 is 10.1 Å². The summed E-state index contributed by atoms with van der Waals surface area (Å²) in [5.41, 5.74) is 1.45. The third-order valence-electron chi connectivity index (χ3n) is 3.89. The van der Waals surface area contributed by atoms with Crippen LogP contribution >= 0.6 is 15.9 Å². The number of rotatable bonds is 4. The van der Waals surface area contributed by atoms with E-state index in [1.807, 2.05) is 48.5 Å². The lowest BCUT2D eigenvalue weighted by Gasteiger charge is -2.16. The first-order valence-electron chi connectivity index (χ1n) is 6.86. The largest absolute Gasteiger partial charge is 0.497 e. The van der Waals surface area contributed by atoms with Crippen LogP contribution in [0.25, 0.3) is 0 Å². The van der Waals surface area contributed by atoms with Crippen LogP contribution in [0.5, 0.6) is 5.75 Å². The van der Waals surface area contributed by atoms with E-state index in [-0.39, 0.29) is 11.3 Å². The molecule has 21 heavy (non-hydrogen) atoms. The number of amides is 1. The van der Waals surface area contributed by atoms with Gasteiger partial charge in [-0.05, 0) is 42.7 Å². The SMILES string of the molecule is COc1cccc(NC(=O)C2(c3cccc(Br)c3)CC2)c1. The van der Waals surface area contributed by atoms with Gasteiger partial charge in [-0.2, -0.15) is 0 Å². The van der Waals surface area contributed by atoms with E-state index in [9.17, 15) is 4.79 Å². The quantitative estimate of drug-likeness (QED) is 0.904. The molecule has 0 unspecified atom stereocenters. The van der Waals surface area contributed by atoms with E-state index in [1.54, 1.807) is 7.11 Å². The summed E-state index contributed by atoms with van der Waals surface area (Å²) < 4.78 is 6.18. The molecular formula is C17H16BrNO2. The summed E-state index contributed by atoms with van der Waals surface area (Å²) in [5.74, 6) is 0.786. The van der Waals surface area contributed by atoms with Gasteiger partial charge in [-0.25, -0.2) is 0 Å². The maximum atomic E-state index is 12.6. The molecule has 2 aromatic rings. The molecule has 108 valence electrons. The second kappa shape index (κ2) is 5.53. The highest BCUT2D eigenvalue weighted by Gasteiger charge is 2.51. The minimum atomic E-state index is -0.382. The van der Waals surface area contributed by atoms with Gasteiger partial charge in [0, 0.05) is 16.2 Å². The predicted octanol–water partition coefficient (Wildman–Crippen LogP) is 4.13. The summed E-state index contributed by atoms with van der Waals surface area (Å²) in [4.78, 5) is 12.6. The summed E-state index contributed by atoms with van der Waals surface area (Å²) in [5, 5.41) is 3.00. The Bertz CT molecular complexity index is 680. The van der Waals surface area contributed by atoms with E-state index < -0.39 is 0 Å². The Kier molecular flexibility index (Phi) is 3.72. The summed E-state index contributed by atoms with van der Waals surface area (Å²) in [6.07, 6.45) is 1.78. The molecule has 3 nitrogen and oxygen atoms in total. The van der Waals surface area contributed by atoms with E-state index >= 15 is 0 Å². The third-order valence-corrected chi connectivity index (χ3v) is 4.38. The van der Waals surface area contributed by atoms with Gasteiger partial charge >= 0.3 is 0 Å². The second-order valence-corrected chi connectivity index (χ2v) is 6.19. The number of hydrogen-bond donors (Lipinski definition) is 1. The Morgan fingerprint density at radius 2 is 1.95 bits per heavy atom. The number of carbonyl (C=O) groups excluding carboxylic acids is 1. The number of nitrogens with one attached hydrogen (secondary N) is 1. The van der Waals surface area contributed by atoms with E-state index in [0.717, 1.165) is 34.3 Å². The molecule has 0 aliphatic heterocycles. The standard InChI is InChI=1S/C17H16BrNO2/c1-21-15-7-3-6-14(11-15)19-16(20)17(8-9-17)12-4-2-5-13(18)10-12/h2-7,10-11H,8-9H2,1H3,(H,19,20). The van der Waals surface area contributed by atoms with Crippen molar-refractivity contribution in [3.63, 3.8) is 0 Å². The molecule has 4 heteroatoms. The molecule has 0 atom stereocenters. The zero-order valence-electron chi connectivity index (χ0n) is 11.7. The van der Waals surface area contributed by atoms with E-state index in [4.69, 9.17) is 4.74 Å². The van der Waals surface area contributed by atoms with Gasteiger partial charge in [0.2, 0.25) is 5.91 Å². The second-order valence-electron chi connectivity index (χ2n) is 5.28. The highest BCUT2D eigenvalue weighted by molar-refractivity contribution is 9.10. The molecule has 0 radical (unpaired) electrons. The Hall–Kier alpha value is -1.81. The average Bonchev–Trinajstić information content (AvgIpc) is 3.29. The Morgan fingerprint density at radius 1 is 1.19 bits per heavy atom. The molecule has 1 aliphatic carbocycles. The van der Waals surface area contributed by atoms with Crippen molar-refractivity contribution in [2.24, 2.45) is 0 Å². The molecule has 0 aromatic heterocycles. The highest BCUT2D eigenvalue weighted by Crippen LogP contribution is 2.49. The van der Waals surface area contributed by atoms with Gasteiger partial charge in [-0.1, -0.05) is 34.1 Å². The summed E-state index contributed by atoms with van der Waals surface area (Å²) in [6, 6.07) is 15.4. The van der Waals surface area contributed by atoms with Gasteiger partial charge in [-0.3, -0.25) is 4.79 Å². The van der Waals surface area contributed by atoms with Crippen molar-refractivity contribution >= 4 is 27.5 Å². The number of benzene rings is 2. The first-order valence-corrected chi connectivity index (χ1v) is 7.65. The van der Waals surface area contributed by atoms with Gasteiger partial charge in [0.05, 0.1) is 12.5 Å². The molecule has 1 saturated carbocycles. The summed E-state index contributed by atoms with van der Waals surface area (Å²) in [6.45, 7) is 0. The van der Waals surface area contributed by atoms with Gasteiger partial charge in [0.1, 0.15) is 5.75 Å². The van der Waals surface area contributed by atoms with Crippen LogP contribution in [0.2, 0.25) is 0 Å². The summed E-state index contributed by atoms with van der Waals surface area (Å²) >= 11 is 3.47. The van der Waals surface area contributed by atoms with Crippen molar-refractivity contribution < 1.29 is 9.53 Å². The van der Waals surface area contributed by atoms with Crippen LogP contribution in [0.4, 0.5) is 5.69 Å². The molecule has 0 heterocycles. The fourth-order valence-electron chi connectivity index (χ4n) is 2.51. The van der Waals surface area contributed by atoms with Crippen molar-refractivity contribution in [3.8, 4) is 5.75 Å². The van der Waals surface area contributed by atoms with Crippen LogP contribution in [-0.4, -0.2) is 13.0 Å². The van der Waals surface area contributed by atoms with Crippen LogP contribution in [0, 0.1) is 0 Å². The number of methoxy groups -OCH3 is 1. The molecular weight excluding hydrogens is 330 g/mol. The smallest absolute Gasteiger partial charge is 0.235 e. The monoisotopic (exact) mass is 345 g/mol. The maximum absolute atomic E-state index is 12.6. The van der Waals surface area contributed by atoms with Crippen LogP contribution in [0.1, 0.15) is 18.4 Å². The predicted molar refractivity (Wildman–Crippen MR) is 86.7 cm³/mol. The Balaban J connectivity index is 1.82. The number of halogens is 1. The van der Waals surface area contributed by atoms with Crippen molar-refractivity contribution in [2.45, 2.75) is 18.3 Å². The van der Waals surface area contributed by atoms with Crippen molar-refractivity contribution in [2.75, 3.05) is 12.4 Å². The number of carbonyl (C=O) groups is 1. The topological polar surface area (TPSA) is 38.3 Å². The van der Waals surface area contributed by atoms with Crippen molar-refractivity contribution in [3.05, 3.63) is 58.6 Å². The van der Waals surface area contributed by atoms with E-state index in [2.05, 4.69) is 21.2 Å². The molecule has 2 aromatic carbocycles. The minimum absolute atomic E-state index is 0.0499. The van der Waals surface area contributed by atoms with Crippen LogP contribution in [-0.2, 0) is 10.2 Å². The van der Waals surface area contributed by atoms with Crippen molar-refractivity contribution in [1.29, 1.82) is 0 Å². The first-order chi connectivity index (χ1) is 10.1. The summed E-state index contributed by atoms with van der Waals surface area (Å²) in [7, 11) is 1.62. The fourth-order valence-corrected chi connectivity index (χ4v) is 2.91. The lowest BCUT2D eigenvalue weighted by atomic mass is 9.95. The Labute approximate surface area is 132 Å². The number of anilines is 1. The normalized spacial score (nSPS) is 15.3. The molecule has 0 saturated heterocycles. The van der Waals surface area contributed by atoms with Crippen molar-refractivity contribution in [1.82, 2.24) is 0 Å². The molecule has 0 bridgehead atoms. The third kappa shape index (κ3) is 2.81.